The van der Waals surface area contributed by atoms with Gasteiger partial charge in [0.15, 0.2) is 18.9 Å². The van der Waals surface area contributed by atoms with Crippen LogP contribution < -0.4 is 28.3 Å². The second-order valence-electron chi connectivity index (χ2n) is 12.2. The van der Waals surface area contributed by atoms with Gasteiger partial charge in [-0.2, -0.15) is 0 Å². The summed E-state index contributed by atoms with van der Waals surface area (Å²) in [6, 6.07) is -4.56. The van der Waals surface area contributed by atoms with Crippen LogP contribution in [-0.4, -0.2) is 189 Å². The van der Waals surface area contributed by atoms with E-state index in [0.29, 0.717) is 0 Å². The number of amides is 1. The van der Waals surface area contributed by atoms with Crippen molar-refractivity contribution in [2.45, 2.75) is 123 Å². The van der Waals surface area contributed by atoms with Crippen molar-refractivity contribution in [3.05, 3.63) is 10.4 Å². The molecule has 0 aromatic carbocycles. The molecular formula is C25H46N8O15. The van der Waals surface area contributed by atoms with Crippen molar-refractivity contribution in [1.29, 1.82) is 0 Å². The summed E-state index contributed by atoms with van der Waals surface area (Å²) in [6.45, 7) is -2.29. The molecule has 23 heteroatoms. The van der Waals surface area contributed by atoms with Gasteiger partial charge in [-0.1, -0.05) is 5.11 Å². The van der Waals surface area contributed by atoms with Crippen LogP contribution in [0.2, 0.25) is 0 Å². The third kappa shape index (κ3) is 8.33. The fourth-order valence-corrected chi connectivity index (χ4v) is 6.04. The zero-order chi connectivity index (χ0) is 35.4. The first-order valence-corrected chi connectivity index (χ1v) is 15.3. The molecule has 48 heavy (non-hydrogen) atoms. The second kappa shape index (κ2) is 16.8. The van der Waals surface area contributed by atoms with E-state index in [1.54, 1.807) is 0 Å². The highest BCUT2D eigenvalue weighted by molar-refractivity contribution is 5.78. The molecule has 3 aliphatic heterocycles. The van der Waals surface area contributed by atoms with Crippen molar-refractivity contribution in [3.63, 3.8) is 0 Å². The maximum Gasteiger partial charge on any atom is 0.225 e. The van der Waals surface area contributed by atoms with E-state index in [1.807, 2.05) is 0 Å². The largest absolute Gasteiger partial charge is 0.394 e. The van der Waals surface area contributed by atoms with Gasteiger partial charge in [-0.3, -0.25) is 4.79 Å². The summed E-state index contributed by atoms with van der Waals surface area (Å²) in [4.78, 5) is 14.3. The van der Waals surface area contributed by atoms with Crippen LogP contribution in [0.3, 0.4) is 0 Å². The zero-order valence-electron chi connectivity index (χ0n) is 25.6. The summed E-state index contributed by atoms with van der Waals surface area (Å²) in [5.74, 6) is -0.698. The highest BCUT2D eigenvalue weighted by atomic mass is 16.8. The van der Waals surface area contributed by atoms with Crippen LogP contribution in [0.1, 0.15) is 6.42 Å². The van der Waals surface area contributed by atoms with Gasteiger partial charge in [-0.25, -0.2) is 0 Å². The Kier molecular flexibility index (Phi) is 13.6. The molecule has 19 atom stereocenters. The first-order valence-electron chi connectivity index (χ1n) is 15.3. The van der Waals surface area contributed by atoms with E-state index in [4.69, 9.17) is 56.9 Å². The second-order valence-corrected chi connectivity index (χ2v) is 12.2. The zero-order valence-corrected chi connectivity index (χ0v) is 25.6. The summed E-state index contributed by atoms with van der Waals surface area (Å²) in [5, 5.41) is 88.8. The topological polar surface area (TPSA) is 399 Å². The van der Waals surface area contributed by atoms with Gasteiger partial charge in [0.25, 0.3) is 0 Å². The molecule has 0 bridgehead atoms. The molecule has 276 valence electrons. The number of azide groups is 1. The number of carbonyl (C=O) groups excluding carboxylic acids is 1. The molecule has 23 nitrogen and oxygen atoms in total. The SMILES string of the molecule is [N-]=[N+]=NCC(=O)NC[C@@H]1O[C@H](O[C@H]2[C@@H](O)[C@H](O[C@@H]3[C@@H](O)[C@H](N)C[C@H](N)[C@H]3O[C@H]3O[C@H](CO)[C@@H](O)[C@H](O)[C@H]3N)O[C@@H]2CO)[C@H](N)[C@@H](O)[C@@H]1O. The number of aliphatic hydroxyl groups excluding tert-OH is 8. The average molecular weight is 699 g/mol. The lowest BCUT2D eigenvalue weighted by Gasteiger charge is -2.47. The summed E-state index contributed by atoms with van der Waals surface area (Å²) in [6.07, 6.45) is -22.0. The van der Waals surface area contributed by atoms with Crippen LogP contribution in [-0.2, 0) is 33.2 Å². The molecule has 1 saturated carbocycles. The third-order valence-corrected chi connectivity index (χ3v) is 8.86. The van der Waals surface area contributed by atoms with Crippen molar-refractivity contribution in [2.24, 2.45) is 28.0 Å². The molecule has 0 aromatic heterocycles. The summed E-state index contributed by atoms with van der Waals surface area (Å²) in [5.41, 5.74) is 32.8. The van der Waals surface area contributed by atoms with Crippen LogP contribution in [0.25, 0.3) is 10.4 Å². The molecule has 4 aliphatic rings. The lowest BCUT2D eigenvalue weighted by atomic mass is 9.84. The van der Waals surface area contributed by atoms with E-state index in [0.717, 1.165) is 0 Å². The molecule has 0 radical (unpaired) electrons. The van der Waals surface area contributed by atoms with Crippen molar-refractivity contribution in [1.82, 2.24) is 5.32 Å². The normalized spacial score (nSPS) is 48.1. The Labute approximate surface area is 273 Å². The van der Waals surface area contributed by atoms with E-state index in [1.165, 1.54) is 0 Å². The number of hydrogen-bond donors (Lipinski definition) is 13. The minimum Gasteiger partial charge on any atom is -0.394 e. The van der Waals surface area contributed by atoms with Crippen molar-refractivity contribution >= 4 is 5.91 Å². The molecule has 4 fully saturated rings. The Morgan fingerprint density at radius 1 is 0.708 bits per heavy atom. The first-order chi connectivity index (χ1) is 22.7. The predicted molar refractivity (Wildman–Crippen MR) is 154 cm³/mol. The van der Waals surface area contributed by atoms with Gasteiger partial charge < -0.3 is 97.5 Å². The van der Waals surface area contributed by atoms with Crippen LogP contribution in [0.15, 0.2) is 5.11 Å². The number of carbonyl (C=O) groups is 1. The molecule has 0 aromatic rings. The van der Waals surface area contributed by atoms with Gasteiger partial charge in [0.05, 0.1) is 31.4 Å². The van der Waals surface area contributed by atoms with Crippen molar-refractivity contribution < 1.29 is 74.1 Å². The van der Waals surface area contributed by atoms with Gasteiger partial charge in [0.2, 0.25) is 5.91 Å². The van der Waals surface area contributed by atoms with E-state index < -0.39 is 142 Å². The first kappa shape index (κ1) is 38.9. The Morgan fingerprint density at radius 3 is 1.81 bits per heavy atom. The van der Waals surface area contributed by atoms with E-state index in [9.17, 15) is 45.6 Å². The number of ether oxygens (including phenoxy) is 6. The molecule has 0 unspecified atom stereocenters. The maximum atomic E-state index is 11.8. The number of aliphatic hydroxyl groups is 8. The highest BCUT2D eigenvalue weighted by Crippen LogP contribution is 2.34. The van der Waals surface area contributed by atoms with Gasteiger partial charge in [-0.05, 0) is 12.0 Å². The maximum absolute atomic E-state index is 11.8. The quantitative estimate of drug-likeness (QED) is 0.0511. The Morgan fingerprint density at radius 2 is 1.23 bits per heavy atom. The third-order valence-electron chi connectivity index (χ3n) is 8.86. The minimum absolute atomic E-state index is 0.0274. The molecule has 0 spiro atoms. The monoisotopic (exact) mass is 698 g/mol. The number of rotatable bonds is 12. The summed E-state index contributed by atoms with van der Waals surface area (Å²) >= 11 is 0. The lowest BCUT2D eigenvalue weighted by Crippen LogP contribution is -2.68. The summed E-state index contributed by atoms with van der Waals surface area (Å²) < 4.78 is 34.6. The number of nitrogens with two attached hydrogens (primary N) is 4. The number of nitrogens with one attached hydrogen (secondary N) is 1. The molecule has 4 rings (SSSR count). The Balaban J connectivity index is 1.47. The van der Waals surface area contributed by atoms with Crippen LogP contribution in [0.4, 0.5) is 0 Å². The van der Waals surface area contributed by atoms with Crippen LogP contribution in [0.5, 0.6) is 0 Å². The van der Waals surface area contributed by atoms with Crippen molar-refractivity contribution in [2.75, 3.05) is 26.3 Å². The Hall–Kier alpha value is -1.94. The van der Waals surface area contributed by atoms with E-state index in [2.05, 4.69) is 15.3 Å². The molecule has 3 saturated heterocycles. The predicted octanol–water partition coefficient (Wildman–Crippen LogP) is -8.39. The number of nitrogens with zero attached hydrogens (tertiary/aromatic N) is 3. The van der Waals surface area contributed by atoms with Gasteiger partial charge in [0, 0.05) is 23.5 Å². The fraction of sp³-hybridized carbons (Fsp3) is 0.960. The van der Waals surface area contributed by atoms with Gasteiger partial charge >= 0.3 is 0 Å². The van der Waals surface area contributed by atoms with Gasteiger partial charge in [0.1, 0.15) is 73.7 Å². The smallest absolute Gasteiger partial charge is 0.225 e. The highest BCUT2D eigenvalue weighted by Gasteiger charge is 2.54. The fourth-order valence-electron chi connectivity index (χ4n) is 6.04. The van der Waals surface area contributed by atoms with E-state index >= 15 is 0 Å². The minimum atomic E-state index is -1.71. The lowest BCUT2D eigenvalue weighted by molar-refractivity contribution is -0.310. The molecule has 3 heterocycles. The molecule has 1 amide bonds. The van der Waals surface area contributed by atoms with Crippen LogP contribution >= 0.6 is 0 Å². The van der Waals surface area contributed by atoms with Gasteiger partial charge in [-0.15, -0.1) is 0 Å². The van der Waals surface area contributed by atoms with Crippen LogP contribution in [0, 0.1) is 0 Å². The molecule has 17 N–H and O–H groups in total. The average Bonchev–Trinajstić information content (AvgIpc) is 3.36. The Bertz CT molecular complexity index is 1110. The number of hydrogen-bond acceptors (Lipinski definition) is 20. The summed E-state index contributed by atoms with van der Waals surface area (Å²) in [7, 11) is 0. The van der Waals surface area contributed by atoms with Crippen molar-refractivity contribution in [3.8, 4) is 0 Å². The standard InChI is InChI=1S/C25H46N8O15/c26-6-1-7(27)20(46-24-13(29)18(41)16(39)9(4-34)44-24)22(14(6)37)48-25-19(42)21(10(5-35)45-25)47-23-12(28)17(40)15(38)8(43-23)2-31-11(36)3-32-33-30/h6-10,12-25,34-35,37-42H,1-5,26-29H2,(H,31,36)/t6-,7+,8+,9-,10-,12-,13-,14+,15-,16-,17-,18-,19-,20-,21-,22-,23-,24-,25+/m1/s1. The molecule has 1 aliphatic carbocycles. The molecular weight excluding hydrogens is 652 g/mol. The van der Waals surface area contributed by atoms with E-state index in [-0.39, 0.29) is 13.0 Å².